The molecule has 4 aromatic rings. The number of aromatic nitrogens is 2. The molecular weight excluding hydrogens is 416 g/mol. The van der Waals surface area contributed by atoms with Gasteiger partial charge in [-0.1, -0.05) is 71.8 Å². The Morgan fingerprint density at radius 2 is 1.53 bits per heavy atom. The quantitative estimate of drug-likeness (QED) is 0.358. The second kappa shape index (κ2) is 8.23. The Morgan fingerprint density at radius 1 is 0.844 bits per heavy atom. The number of imidazole rings is 1. The monoisotopic (exact) mass is 444 g/mol. The van der Waals surface area contributed by atoms with E-state index in [2.05, 4.69) is 73.9 Å². The SMILES string of the molecule is Cc1cccc(-c2ccc(-n3cc(C(C)(C)O)nc3C(C)(C)c3ccccc3Cl)cc2)c1. The standard InChI is InChI=1S/C28H29ClN2O/c1-19-9-8-10-21(17-19)20-13-15-22(16-14-20)31-18-25(28(4,5)32)30-26(31)27(2,3)23-11-6-7-12-24(23)29/h6-18,32H,1-5H3. The van der Waals surface area contributed by atoms with Gasteiger partial charge in [0.25, 0.3) is 0 Å². The number of halogens is 1. The molecule has 164 valence electrons. The van der Waals surface area contributed by atoms with Gasteiger partial charge >= 0.3 is 0 Å². The second-order valence-corrected chi connectivity index (χ2v) is 9.81. The molecule has 0 unspecified atom stereocenters. The highest BCUT2D eigenvalue weighted by atomic mass is 35.5. The van der Waals surface area contributed by atoms with Crippen LogP contribution in [0.15, 0.2) is 79.0 Å². The van der Waals surface area contributed by atoms with Gasteiger partial charge in [0.15, 0.2) is 0 Å². The van der Waals surface area contributed by atoms with Crippen LogP contribution in [0.4, 0.5) is 0 Å². The number of hydrogen-bond acceptors (Lipinski definition) is 2. The first-order valence-corrected chi connectivity index (χ1v) is 11.2. The molecule has 3 aromatic carbocycles. The zero-order valence-electron chi connectivity index (χ0n) is 19.2. The lowest BCUT2D eigenvalue weighted by Gasteiger charge is -2.27. The summed E-state index contributed by atoms with van der Waals surface area (Å²) in [7, 11) is 0. The summed E-state index contributed by atoms with van der Waals surface area (Å²) in [6, 6.07) is 24.8. The first-order valence-electron chi connectivity index (χ1n) is 10.8. The van der Waals surface area contributed by atoms with Gasteiger partial charge in [-0.3, -0.25) is 0 Å². The van der Waals surface area contributed by atoms with Gasteiger partial charge in [-0.25, -0.2) is 4.98 Å². The highest BCUT2D eigenvalue weighted by Gasteiger charge is 2.33. The number of benzene rings is 3. The summed E-state index contributed by atoms with van der Waals surface area (Å²) in [5, 5.41) is 11.4. The van der Waals surface area contributed by atoms with Crippen molar-refractivity contribution in [1.82, 2.24) is 9.55 Å². The van der Waals surface area contributed by atoms with Crippen molar-refractivity contribution in [2.75, 3.05) is 0 Å². The van der Waals surface area contributed by atoms with E-state index >= 15 is 0 Å². The van der Waals surface area contributed by atoms with Gasteiger partial charge in [0.1, 0.15) is 11.4 Å². The Kier molecular flexibility index (Phi) is 5.74. The van der Waals surface area contributed by atoms with Crippen LogP contribution in [0, 0.1) is 6.92 Å². The molecule has 0 spiro atoms. The summed E-state index contributed by atoms with van der Waals surface area (Å²) in [6.45, 7) is 9.84. The van der Waals surface area contributed by atoms with Gasteiger partial charge in [0.2, 0.25) is 0 Å². The molecule has 0 fully saturated rings. The number of aliphatic hydroxyl groups is 1. The molecule has 0 saturated carbocycles. The predicted octanol–water partition coefficient (Wildman–Crippen LogP) is 7.05. The maximum absolute atomic E-state index is 10.7. The van der Waals surface area contributed by atoms with Crippen LogP contribution in [0.3, 0.4) is 0 Å². The topological polar surface area (TPSA) is 38.0 Å². The molecule has 0 bridgehead atoms. The average Bonchev–Trinajstić information content (AvgIpc) is 3.21. The summed E-state index contributed by atoms with van der Waals surface area (Å²) < 4.78 is 2.07. The Balaban J connectivity index is 1.84. The number of nitrogens with zero attached hydrogens (tertiary/aromatic N) is 2. The lowest BCUT2D eigenvalue weighted by molar-refractivity contribution is 0.0741. The van der Waals surface area contributed by atoms with Crippen molar-refractivity contribution in [3.8, 4) is 16.8 Å². The Labute approximate surface area is 195 Å². The van der Waals surface area contributed by atoms with E-state index in [1.165, 1.54) is 11.1 Å². The summed E-state index contributed by atoms with van der Waals surface area (Å²) in [5.74, 6) is 0.825. The molecule has 0 atom stereocenters. The molecule has 0 aliphatic heterocycles. The van der Waals surface area contributed by atoms with E-state index in [-0.39, 0.29) is 0 Å². The summed E-state index contributed by atoms with van der Waals surface area (Å²) >= 11 is 6.57. The highest BCUT2D eigenvalue weighted by molar-refractivity contribution is 6.31. The predicted molar refractivity (Wildman–Crippen MR) is 133 cm³/mol. The maximum atomic E-state index is 10.7. The van der Waals surface area contributed by atoms with E-state index in [0.717, 1.165) is 22.6 Å². The van der Waals surface area contributed by atoms with Crippen molar-refractivity contribution in [2.24, 2.45) is 0 Å². The Bertz CT molecular complexity index is 1250. The molecule has 0 aliphatic rings. The Morgan fingerprint density at radius 3 is 2.16 bits per heavy atom. The fraction of sp³-hybridized carbons (Fsp3) is 0.250. The largest absolute Gasteiger partial charge is 0.384 e. The number of hydrogen-bond donors (Lipinski definition) is 1. The molecule has 32 heavy (non-hydrogen) atoms. The normalized spacial score (nSPS) is 12.2. The molecule has 0 radical (unpaired) electrons. The third kappa shape index (κ3) is 4.23. The van der Waals surface area contributed by atoms with Gasteiger partial charge in [-0.2, -0.15) is 0 Å². The van der Waals surface area contributed by atoms with Crippen molar-refractivity contribution in [1.29, 1.82) is 0 Å². The third-order valence-electron chi connectivity index (χ3n) is 5.94. The number of rotatable bonds is 5. The van der Waals surface area contributed by atoms with Gasteiger partial charge in [0, 0.05) is 22.3 Å². The van der Waals surface area contributed by atoms with Crippen molar-refractivity contribution in [2.45, 2.75) is 45.6 Å². The summed E-state index contributed by atoms with van der Waals surface area (Å²) in [4.78, 5) is 4.89. The van der Waals surface area contributed by atoms with Crippen LogP contribution in [0.25, 0.3) is 16.8 Å². The van der Waals surface area contributed by atoms with Crippen LogP contribution in [0.5, 0.6) is 0 Å². The van der Waals surface area contributed by atoms with Crippen LogP contribution in [-0.2, 0) is 11.0 Å². The average molecular weight is 445 g/mol. The zero-order chi connectivity index (χ0) is 23.1. The second-order valence-electron chi connectivity index (χ2n) is 9.40. The first kappa shape index (κ1) is 22.3. The smallest absolute Gasteiger partial charge is 0.123 e. The molecule has 3 nitrogen and oxygen atoms in total. The van der Waals surface area contributed by atoms with Crippen molar-refractivity contribution in [3.05, 3.63) is 107 Å². The fourth-order valence-corrected chi connectivity index (χ4v) is 4.41. The molecular formula is C28H29ClN2O. The molecule has 4 rings (SSSR count). The molecule has 0 amide bonds. The lowest BCUT2D eigenvalue weighted by Crippen LogP contribution is -2.25. The minimum Gasteiger partial charge on any atom is -0.384 e. The van der Waals surface area contributed by atoms with E-state index in [1.54, 1.807) is 13.8 Å². The van der Waals surface area contributed by atoms with Crippen LogP contribution in [0.1, 0.15) is 50.3 Å². The molecule has 4 heteroatoms. The van der Waals surface area contributed by atoms with Crippen LogP contribution < -0.4 is 0 Å². The van der Waals surface area contributed by atoms with E-state index in [9.17, 15) is 5.11 Å². The molecule has 1 heterocycles. The van der Waals surface area contributed by atoms with Gasteiger partial charge in [-0.05, 0) is 69.5 Å². The summed E-state index contributed by atoms with van der Waals surface area (Å²) in [6.07, 6.45) is 1.93. The van der Waals surface area contributed by atoms with Crippen LogP contribution in [0.2, 0.25) is 5.02 Å². The molecule has 1 aromatic heterocycles. The van der Waals surface area contributed by atoms with Gasteiger partial charge in [0.05, 0.1) is 5.69 Å². The van der Waals surface area contributed by atoms with E-state index in [1.807, 2.05) is 30.5 Å². The molecule has 0 aliphatic carbocycles. The van der Waals surface area contributed by atoms with E-state index < -0.39 is 11.0 Å². The van der Waals surface area contributed by atoms with Crippen LogP contribution >= 0.6 is 11.6 Å². The first-order chi connectivity index (χ1) is 15.1. The minimum atomic E-state index is -1.06. The van der Waals surface area contributed by atoms with Gasteiger partial charge < -0.3 is 9.67 Å². The van der Waals surface area contributed by atoms with Gasteiger partial charge in [-0.15, -0.1) is 0 Å². The van der Waals surface area contributed by atoms with Crippen molar-refractivity contribution >= 4 is 11.6 Å². The summed E-state index contributed by atoms with van der Waals surface area (Å²) in [5.41, 5.74) is 4.65. The van der Waals surface area contributed by atoms with E-state index in [4.69, 9.17) is 16.6 Å². The minimum absolute atomic E-state index is 0.475. The van der Waals surface area contributed by atoms with E-state index in [0.29, 0.717) is 10.7 Å². The molecule has 0 saturated heterocycles. The lowest BCUT2D eigenvalue weighted by atomic mass is 9.83. The third-order valence-corrected chi connectivity index (χ3v) is 6.27. The fourth-order valence-electron chi connectivity index (χ4n) is 4.04. The molecule has 1 N–H and O–H groups in total. The Hall–Kier alpha value is -2.88. The maximum Gasteiger partial charge on any atom is 0.123 e. The highest BCUT2D eigenvalue weighted by Crippen LogP contribution is 2.37. The van der Waals surface area contributed by atoms with Crippen molar-refractivity contribution in [3.63, 3.8) is 0 Å². The zero-order valence-corrected chi connectivity index (χ0v) is 20.0. The van der Waals surface area contributed by atoms with Crippen molar-refractivity contribution < 1.29 is 5.11 Å². The number of aryl methyl sites for hydroxylation is 1. The van der Waals surface area contributed by atoms with Crippen LogP contribution in [-0.4, -0.2) is 14.7 Å².